The second-order valence-corrected chi connectivity index (χ2v) is 6.60. The molecule has 0 N–H and O–H groups in total. The van der Waals surface area contributed by atoms with Crippen molar-refractivity contribution in [3.8, 4) is 11.1 Å². The van der Waals surface area contributed by atoms with Gasteiger partial charge in [-0.1, -0.05) is 13.0 Å². The van der Waals surface area contributed by atoms with E-state index >= 15 is 0 Å². The fourth-order valence-electron chi connectivity index (χ4n) is 2.87. The molecule has 0 aliphatic carbocycles. The fraction of sp³-hybridized carbons (Fsp3) is 0.471. The number of nitrogens with zero attached hydrogens (tertiary/aromatic N) is 3. The molecule has 2 aromatic heterocycles. The van der Waals surface area contributed by atoms with Crippen LogP contribution in [0.5, 0.6) is 0 Å². The van der Waals surface area contributed by atoms with Crippen LogP contribution in [0.3, 0.4) is 0 Å². The van der Waals surface area contributed by atoms with E-state index < -0.39 is 0 Å². The molecule has 0 amide bonds. The number of thiophene rings is 1. The number of rotatable bonds is 4. The Morgan fingerprint density at radius 3 is 2.81 bits per heavy atom. The van der Waals surface area contributed by atoms with Crippen LogP contribution in [-0.4, -0.2) is 47.5 Å². The van der Waals surface area contributed by atoms with Gasteiger partial charge in [-0.3, -0.25) is 9.88 Å². The summed E-state index contributed by atoms with van der Waals surface area (Å²) >= 11 is 1.87. The third-order valence-electron chi connectivity index (χ3n) is 4.16. The van der Waals surface area contributed by atoms with Gasteiger partial charge >= 0.3 is 0 Å². The Bertz CT molecular complexity index is 552. The second-order valence-electron chi connectivity index (χ2n) is 5.61. The highest BCUT2D eigenvalue weighted by molar-refractivity contribution is 7.10. The third-order valence-corrected chi connectivity index (χ3v) is 5.08. The van der Waals surface area contributed by atoms with Crippen molar-refractivity contribution in [3.63, 3.8) is 0 Å². The van der Waals surface area contributed by atoms with E-state index in [0.717, 1.165) is 6.54 Å². The highest BCUT2D eigenvalue weighted by Gasteiger charge is 2.14. The van der Waals surface area contributed by atoms with Gasteiger partial charge in [-0.25, -0.2) is 0 Å². The van der Waals surface area contributed by atoms with Gasteiger partial charge in [0.1, 0.15) is 0 Å². The summed E-state index contributed by atoms with van der Waals surface area (Å²) in [7, 11) is 0. The molecule has 0 saturated carbocycles. The Hall–Kier alpha value is -1.23. The second kappa shape index (κ2) is 7.16. The summed E-state index contributed by atoms with van der Waals surface area (Å²) in [5, 5.41) is 2.25. The maximum atomic E-state index is 4.20. The predicted octanol–water partition coefficient (Wildman–Crippen LogP) is 3.34. The van der Waals surface area contributed by atoms with Crippen LogP contribution >= 0.6 is 11.3 Å². The number of aromatic nitrogens is 1. The molecule has 3 nitrogen and oxygen atoms in total. The van der Waals surface area contributed by atoms with Gasteiger partial charge in [-0.2, -0.15) is 0 Å². The SMILES string of the molecule is CCN1CCCN(Cc2cc(-c3cccnc3)cs2)CC1. The summed E-state index contributed by atoms with van der Waals surface area (Å²) in [6, 6.07) is 6.45. The molecule has 0 radical (unpaired) electrons. The highest BCUT2D eigenvalue weighted by atomic mass is 32.1. The van der Waals surface area contributed by atoms with E-state index in [4.69, 9.17) is 0 Å². The van der Waals surface area contributed by atoms with Crippen LogP contribution in [0.1, 0.15) is 18.2 Å². The first kappa shape index (κ1) is 14.7. The lowest BCUT2D eigenvalue weighted by Crippen LogP contribution is -2.30. The van der Waals surface area contributed by atoms with Gasteiger partial charge < -0.3 is 4.90 Å². The number of pyridine rings is 1. The number of hydrogen-bond donors (Lipinski definition) is 0. The lowest BCUT2D eigenvalue weighted by atomic mass is 10.1. The lowest BCUT2D eigenvalue weighted by Gasteiger charge is -2.20. The van der Waals surface area contributed by atoms with E-state index in [1.54, 1.807) is 0 Å². The van der Waals surface area contributed by atoms with Gasteiger partial charge in [0.25, 0.3) is 0 Å². The van der Waals surface area contributed by atoms with Crippen LogP contribution in [-0.2, 0) is 6.54 Å². The Labute approximate surface area is 131 Å². The Morgan fingerprint density at radius 1 is 1.14 bits per heavy atom. The quantitative estimate of drug-likeness (QED) is 0.863. The van der Waals surface area contributed by atoms with Gasteiger partial charge in [0, 0.05) is 42.5 Å². The molecule has 1 aliphatic heterocycles. The zero-order chi connectivity index (χ0) is 14.5. The molecule has 2 aromatic rings. The van der Waals surface area contributed by atoms with Crippen molar-refractivity contribution in [1.29, 1.82) is 0 Å². The average Bonchev–Trinajstić information content (AvgIpc) is 2.87. The van der Waals surface area contributed by atoms with Crippen molar-refractivity contribution in [2.24, 2.45) is 0 Å². The molecule has 0 atom stereocenters. The van der Waals surface area contributed by atoms with Crippen LogP contribution in [0, 0.1) is 0 Å². The van der Waals surface area contributed by atoms with Crippen LogP contribution in [0.25, 0.3) is 11.1 Å². The predicted molar refractivity (Wildman–Crippen MR) is 89.6 cm³/mol. The molecule has 0 aromatic carbocycles. The van der Waals surface area contributed by atoms with Crippen molar-refractivity contribution in [2.75, 3.05) is 32.7 Å². The molecule has 0 unspecified atom stereocenters. The van der Waals surface area contributed by atoms with Gasteiger partial charge in [-0.05, 0) is 49.1 Å². The van der Waals surface area contributed by atoms with Crippen molar-refractivity contribution in [3.05, 3.63) is 40.8 Å². The Kier molecular flexibility index (Phi) is 5.01. The van der Waals surface area contributed by atoms with Gasteiger partial charge in [0.15, 0.2) is 0 Å². The number of likely N-dealkylation sites (N-methyl/N-ethyl adjacent to an activating group) is 1. The lowest BCUT2D eigenvalue weighted by molar-refractivity contribution is 0.259. The van der Waals surface area contributed by atoms with Crippen molar-refractivity contribution in [2.45, 2.75) is 19.9 Å². The zero-order valence-electron chi connectivity index (χ0n) is 12.7. The molecule has 1 fully saturated rings. The smallest absolute Gasteiger partial charge is 0.0346 e. The van der Waals surface area contributed by atoms with Crippen LogP contribution in [0.4, 0.5) is 0 Å². The first-order chi connectivity index (χ1) is 10.3. The molecule has 0 bridgehead atoms. The van der Waals surface area contributed by atoms with E-state index in [0.29, 0.717) is 0 Å². The minimum Gasteiger partial charge on any atom is -0.302 e. The molecular formula is C17H23N3S. The van der Waals surface area contributed by atoms with Gasteiger partial charge in [-0.15, -0.1) is 11.3 Å². The van der Waals surface area contributed by atoms with E-state index in [9.17, 15) is 0 Å². The minimum atomic E-state index is 1.09. The largest absolute Gasteiger partial charge is 0.302 e. The average molecular weight is 301 g/mol. The van der Waals surface area contributed by atoms with Crippen LogP contribution < -0.4 is 0 Å². The summed E-state index contributed by atoms with van der Waals surface area (Å²) in [4.78, 5) is 10.8. The molecular weight excluding hydrogens is 278 g/mol. The molecule has 0 spiro atoms. The van der Waals surface area contributed by atoms with E-state index in [1.165, 1.54) is 55.1 Å². The van der Waals surface area contributed by atoms with E-state index in [-0.39, 0.29) is 0 Å². The van der Waals surface area contributed by atoms with Crippen LogP contribution in [0.2, 0.25) is 0 Å². The highest BCUT2D eigenvalue weighted by Crippen LogP contribution is 2.26. The molecule has 3 heterocycles. The summed E-state index contributed by atoms with van der Waals surface area (Å²) < 4.78 is 0. The van der Waals surface area contributed by atoms with Crippen molar-refractivity contribution in [1.82, 2.24) is 14.8 Å². The molecule has 1 saturated heterocycles. The fourth-order valence-corrected chi connectivity index (χ4v) is 3.80. The summed E-state index contributed by atoms with van der Waals surface area (Å²) in [6.45, 7) is 9.38. The first-order valence-electron chi connectivity index (χ1n) is 7.77. The normalized spacial score (nSPS) is 17.8. The summed E-state index contributed by atoms with van der Waals surface area (Å²) in [5.74, 6) is 0. The molecule has 4 heteroatoms. The van der Waals surface area contributed by atoms with Crippen molar-refractivity contribution < 1.29 is 0 Å². The topological polar surface area (TPSA) is 19.4 Å². The Balaban J connectivity index is 1.62. The van der Waals surface area contributed by atoms with Crippen LogP contribution in [0.15, 0.2) is 36.0 Å². The minimum absolute atomic E-state index is 1.09. The molecule has 21 heavy (non-hydrogen) atoms. The zero-order valence-corrected chi connectivity index (χ0v) is 13.5. The molecule has 112 valence electrons. The number of hydrogen-bond acceptors (Lipinski definition) is 4. The van der Waals surface area contributed by atoms with Crippen molar-refractivity contribution >= 4 is 11.3 Å². The maximum absolute atomic E-state index is 4.20. The Morgan fingerprint density at radius 2 is 2.00 bits per heavy atom. The van der Waals surface area contributed by atoms with E-state index in [2.05, 4.69) is 39.2 Å². The standard InChI is InChI=1S/C17H23N3S/c1-2-19-7-4-8-20(10-9-19)13-17-11-16(14-21-17)15-5-3-6-18-12-15/h3,5-6,11-12,14H,2,4,7-10,13H2,1H3. The van der Waals surface area contributed by atoms with Gasteiger partial charge in [0.05, 0.1) is 0 Å². The summed E-state index contributed by atoms with van der Waals surface area (Å²) in [6.07, 6.45) is 5.05. The third kappa shape index (κ3) is 3.90. The molecule has 3 rings (SSSR count). The van der Waals surface area contributed by atoms with E-state index in [1.807, 2.05) is 29.8 Å². The monoisotopic (exact) mass is 301 g/mol. The molecule has 1 aliphatic rings. The van der Waals surface area contributed by atoms with Gasteiger partial charge in [0.2, 0.25) is 0 Å². The summed E-state index contributed by atoms with van der Waals surface area (Å²) in [5.41, 5.74) is 2.51. The first-order valence-corrected chi connectivity index (χ1v) is 8.65. The maximum Gasteiger partial charge on any atom is 0.0346 e.